The van der Waals surface area contributed by atoms with Crippen molar-refractivity contribution in [1.82, 2.24) is 10.2 Å². The molecule has 1 saturated carbocycles. The Hall–Kier alpha value is -1.55. The smallest absolute Gasteiger partial charge is 0.227 e. The number of amides is 2. The highest BCUT2D eigenvalue weighted by molar-refractivity contribution is 6.31. The molecule has 1 saturated heterocycles. The van der Waals surface area contributed by atoms with Crippen molar-refractivity contribution in [3.05, 3.63) is 34.3 Å². The summed E-state index contributed by atoms with van der Waals surface area (Å²) in [5, 5.41) is 3.70. The van der Waals surface area contributed by atoms with Gasteiger partial charge in [0.25, 0.3) is 0 Å². The van der Waals surface area contributed by atoms with Crippen molar-refractivity contribution in [1.29, 1.82) is 0 Å². The number of piperidine rings is 1. The molecule has 3 rings (SSSR count). The number of rotatable bonds is 6. The molecule has 5 heteroatoms. The number of carbonyl (C=O) groups is 2. The first kappa shape index (κ1) is 19.2. The van der Waals surface area contributed by atoms with Crippen LogP contribution in [0.25, 0.3) is 0 Å². The van der Waals surface area contributed by atoms with Crippen molar-refractivity contribution in [3.8, 4) is 0 Å². The van der Waals surface area contributed by atoms with E-state index < -0.39 is 0 Å². The molecule has 2 aliphatic rings. The molecule has 1 aromatic carbocycles. The Bertz CT molecular complexity index is 705. The summed E-state index contributed by atoms with van der Waals surface area (Å²) >= 11 is 6.33. The number of halogens is 1. The maximum absolute atomic E-state index is 12.9. The first-order chi connectivity index (χ1) is 12.4. The van der Waals surface area contributed by atoms with Gasteiger partial charge in [-0.05, 0) is 49.3 Å². The lowest BCUT2D eigenvalue weighted by molar-refractivity contribution is -0.137. The SMILES string of the molecule is CCC(=O)NCC(CC)C(=O)N1CCC2(c3ccc(C)c(Cl)c3)CC2C1. The minimum Gasteiger partial charge on any atom is -0.355 e. The molecule has 4 nitrogen and oxygen atoms in total. The number of carbonyl (C=O) groups excluding carboxylic acids is 2. The minimum absolute atomic E-state index is 0.00681. The Morgan fingerprint density at radius 3 is 2.77 bits per heavy atom. The van der Waals surface area contributed by atoms with Gasteiger partial charge in [-0.15, -0.1) is 0 Å². The molecule has 0 radical (unpaired) electrons. The quantitative estimate of drug-likeness (QED) is 0.823. The molecule has 142 valence electrons. The standard InChI is InChI=1S/C21H29ClN2O2/c1-4-15(12-23-19(25)5-2)20(26)24-9-8-21(11-17(21)13-24)16-7-6-14(3)18(22)10-16/h6-7,10,15,17H,4-5,8-9,11-13H2,1-3H3,(H,23,25). The number of benzene rings is 1. The van der Waals surface area contributed by atoms with Crippen LogP contribution < -0.4 is 5.32 Å². The lowest BCUT2D eigenvalue weighted by atomic mass is 9.86. The summed E-state index contributed by atoms with van der Waals surface area (Å²) in [6.45, 7) is 7.92. The maximum Gasteiger partial charge on any atom is 0.227 e. The third-order valence-corrected chi connectivity index (χ3v) is 6.68. The Kier molecular flexibility index (Phi) is 5.61. The van der Waals surface area contributed by atoms with E-state index in [1.54, 1.807) is 0 Å². The fourth-order valence-electron chi connectivity index (χ4n) is 4.25. The van der Waals surface area contributed by atoms with Crippen LogP contribution in [0.1, 0.15) is 50.7 Å². The Balaban J connectivity index is 1.62. The van der Waals surface area contributed by atoms with Crippen LogP contribution in [-0.2, 0) is 15.0 Å². The summed E-state index contributed by atoms with van der Waals surface area (Å²) in [5.74, 6) is 0.603. The highest BCUT2D eigenvalue weighted by Crippen LogP contribution is 2.59. The molecular weight excluding hydrogens is 348 g/mol. The molecule has 2 amide bonds. The first-order valence-electron chi connectivity index (χ1n) is 9.73. The fraction of sp³-hybridized carbons (Fsp3) is 0.619. The van der Waals surface area contributed by atoms with Crippen LogP contribution in [0.4, 0.5) is 0 Å². The van der Waals surface area contributed by atoms with E-state index in [1.165, 1.54) is 5.56 Å². The molecule has 0 aromatic heterocycles. The minimum atomic E-state index is -0.120. The second-order valence-electron chi connectivity index (χ2n) is 7.82. The van der Waals surface area contributed by atoms with Gasteiger partial charge in [-0.25, -0.2) is 0 Å². The zero-order valence-corrected chi connectivity index (χ0v) is 16.7. The van der Waals surface area contributed by atoms with Gasteiger partial charge in [0, 0.05) is 36.5 Å². The van der Waals surface area contributed by atoms with Gasteiger partial charge in [-0.3, -0.25) is 9.59 Å². The van der Waals surface area contributed by atoms with E-state index in [0.717, 1.165) is 42.9 Å². The van der Waals surface area contributed by atoms with E-state index in [2.05, 4.69) is 23.5 Å². The predicted octanol–water partition coefficient (Wildman–Crippen LogP) is 3.69. The number of hydrogen-bond donors (Lipinski definition) is 1. The van der Waals surface area contributed by atoms with E-state index in [1.807, 2.05) is 25.7 Å². The van der Waals surface area contributed by atoms with E-state index in [9.17, 15) is 9.59 Å². The monoisotopic (exact) mass is 376 g/mol. The largest absolute Gasteiger partial charge is 0.355 e. The van der Waals surface area contributed by atoms with Crippen LogP contribution in [0, 0.1) is 18.8 Å². The molecule has 0 bridgehead atoms. The lowest BCUT2D eigenvalue weighted by Crippen LogP contribution is -2.46. The highest BCUT2D eigenvalue weighted by atomic mass is 35.5. The molecule has 1 aliphatic carbocycles. The van der Waals surface area contributed by atoms with Crippen molar-refractivity contribution in [2.24, 2.45) is 11.8 Å². The Morgan fingerprint density at radius 1 is 1.38 bits per heavy atom. The Morgan fingerprint density at radius 2 is 2.15 bits per heavy atom. The van der Waals surface area contributed by atoms with E-state index in [4.69, 9.17) is 11.6 Å². The molecule has 1 aromatic rings. The van der Waals surface area contributed by atoms with Crippen molar-refractivity contribution < 1.29 is 9.59 Å². The van der Waals surface area contributed by atoms with E-state index in [-0.39, 0.29) is 23.1 Å². The molecule has 1 heterocycles. The number of fused-ring (bicyclic) bond motifs is 1. The van der Waals surface area contributed by atoms with Crippen molar-refractivity contribution in [2.45, 2.75) is 51.9 Å². The first-order valence-corrected chi connectivity index (χ1v) is 10.1. The van der Waals surface area contributed by atoms with Gasteiger partial charge < -0.3 is 10.2 Å². The molecule has 0 spiro atoms. The van der Waals surface area contributed by atoms with E-state index in [0.29, 0.717) is 18.9 Å². The summed E-state index contributed by atoms with van der Waals surface area (Å²) in [5.41, 5.74) is 2.65. The second kappa shape index (κ2) is 7.59. The topological polar surface area (TPSA) is 49.4 Å². The van der Waals surface area contributed by atoms with Crippen LogP contribution in [0.2, 0.25) is 5.02 Å². The van der Waals surface area contributed by atoms with Gasteiger partial charge >= 0.3 is 0 Å². The number of nitrogens with one attached hydrogen (secondary N) is 1. The number of likely N-dealkylation sites (tertiary alicyclic amines) is 1. The molecular formula is C21H29ClN2O2. The van der Waals surface area contributed by atoms with Crippen LogP contribution in [0.5, 0.6) is 0 Å². The molecule has 1 N–H and O–H groups in total. The average Bonchev–Trinajstić information content (AvgIpc) is 3.38. The summed E-state index contributed by atoms with van der Waals surface area (Å²) < 4.78 is 0. The number of hydrogen-bond acceptors (Lipinski definition) is 2. The molecule has 2 fully saturated rings. The predicted molar refractivity (Wildman–Crippen MR) is 104 cm³/mol. The zero-order chi connectivity index (χ0) is 18.9. The number of nitrogens with zero attached hydrogens (tertiary/aromatic N) is 1. The highest BCUT2D eigenvalue weighted by Gasteiger charge is 2.58. The Labute approximate surface area is 161 Å². The lowest BCUT2D eigenvalue weighted by Gasteiger charge is -2.34. The van der Waals surface area contributed by atoms with Crippen LogP contribution >= 0.6 is 11.6 Å². The zero-order valence-electron chi connectivity index (χ0n) is 16.0. The van der Waals surface area contributed by atoms with Crippen LogP contribution in [0.15, 0.2) is 18.2 Å². The van der Waals surface area contributed by atoms with Crippen LogP contribution in [-0.4, -0.2) is 36.3 Å². The van der Waals surface area contributed by atoms with Gasteiger partial charge in [0.2, 0.25) is 11.8 Å². The molecule has 3 unspecified atom stereocenters. The average molecular weight is 377 g/mol. The van der Waals surface area contributed by atoms with E-state index >= 15 is 0 Å². The second-order valence-corrected chi connectivity index (χ2v) is 8.23. The van der Waals surface area contributed by atoms with Gasteiger partial charge in [-0.2, -0.15) is 0 Å². The summed E-state index contributed by atoms with van der Waals surface area (Å²) in [4.78, 5) is 26.4. The fourth-order valence-corrected chi connectivity index (χ4v) is 4.43. The number of aryl methyl sites for hydroxylation is 1. The van der Waals surface area contributed by atoms with Crippen molar-refractivity contribution >= 4 is 23.4 Å². The van der Waals surface area contributed by atoms with Gasteiger partial charge in [0.05, 0.1) is 5.92 Å². The van der Waals surface area contributed by atoms with Gasteiger partial charge in [0.15, 0.2) is 0 Å². The van der Waals surface area contributed by atoms with Gasteiger partial charge in [0.1, 0.15) is 0 Å². The van der Waals surface area contributed by atoms with Crippen molar-refractivity contribution in [3.63, 3.8) is 0 Å². The molecule has 26 heavy (non-hydrogen) atoms. The maximum atomic E-state index is 12.9. The van der Waals surface area contributed by atoms with Crippen molar-refractivity contribution in [2.75, 3.05) is 19.6 Å². The van der Waals surface area contributed by atoms with Gasteiger partial charge in [-0.1, -0.05) is 37.6 Å². The third kappa shape index (κ3) is 3.62. The summed E-state index contributed by atoms with van der Waals surface area (Å²) in [7, 11) is 0. The molecule has 3 atom stereocenters. The van der Waals surface area contributed by atoms with Crippen LogP contribution in [0.3, 0.4) is 0 Å². The third-order valence-electron chi connectivity index (χ3n) is 6.27. The molecule has 1 aliphatic heterocycles. The summed E-state index contributed by atoms with van der Waals surface area (Å²) in [6.07, 6.45) is 3.35. The summed E-state index contributed by atoms with van der Waals surface area (Å²) in [6, 6.07) is 6.42. The normalized spacial score (nSPS) is 25.4.